The number of nitrogens with one attached hydrogen (secondary N) is 1. The second kappa shape index (κ2) is 8.35. The molecule has 4 nitrogen and oxygen atoms in total. The molecule has 1 aromatic carbocycles. The van der Waals surface area contributed by atoms with E-state index >= 15 is 0 Å². The average molecular weight is 352 g/mol. The maximum absolute atomic E-state index is 12.4. The molecule has 0 aliphatic heterocycles. The molecular weight excluding hydrogens is 324 g/mol. The highest BCUT2D eigenvalue weighted by Gasteiger charge is 2.34. The molecule has 0 saturated heterocycles. The Labute approximate surface area is 155 Å². The molecule has 0 spiro atoms. The molecule has 4 heteroatoms. The first-order valence-electron chi connectivity index (χ1n) is 9.58. The molecule has 138 valence electrons. The van der Waals surface area contributed by atoms with Crippen LogP contribution in [0.4, 0.5) is 0 Å². The van der Waals surface area contributed by atoms with Crippen LogP contribution in [-0.2, 0) is 16.8 Å². The average Bonchev–Trinajstić information content (AvgIpc) is 2.66. The van der Waals surface area contributed by atoms with E-state index in [9.17, 15) is 9.59 Å². The highest BCUT2D eigenvalue weighted by Crippen LogP contribution is 2.39. The molecule has 1 fully saturated rings. The summed E-state index contributed by atoms with van der Waals surface area (Å²) in [5, 5.41) is 3.15. The second-order valence-electron chi connectivity index (χ2n) is 7.47. The standard InChI is InChI=1S/C22H28N2O2/c1-18-8-7-9-19(16-18)22(12-4-2-5-13-22)17-23-20(25)11-15-24-14-6-3-10-21(24)26/h3,6-10,14,16H,2,4-5,11-13,15,17H2,1H3,(H,23,25). The van der Waals surface area contributed by atoms with Crippen LogP contribution < -0.4 is 10.9 Å². The fourth-order valence-corrected chi connectivity index (χ4v) is 3.99. The molecule has 1 amide bonds. The Hall–Kier alpha value is -2.36. The van der Waals surface area contributed by atoms with Gasteiger partial charge < -0.3 is 9.88 Å². The first-order valence-corrected chi connectivity index (χ1v) is 9.58. The van der Waals surface area contributed by atoms with Crippen LogP contribution in [0.5, 0.6) is 0 Å². The molecule has 2 aromatic rings. The van der Waals surface area contributed by atoms with Crippen molar-refractivity contribution in [1.29, 1.82) is 0 Å². The minimum atomic E-state index is -0.0659. The highest BCUT2D eigenvalue weighted by atomic mass is 16.1. The summed E-state index contributed by atoms with van der Waals surface area (Å²) in [4.78, 5) is 24.1. The first-order chi connectivity index (χ1) is 12.6. The number of carbonyl (C=O) groups excluding carboxylic acids is 1. The number of carbonyl (C=O) groups is 1. The van der Waals surface area contributed by atoms with E-state index in [0.717, 1.165) is 12.8 Å². The smallest absolute Gasteiger partial charge is 0.250 e. The van der Waals surface area contributed by atoms with Gasteiger partial charge in [-0.2, -0.15) is 0 Å². The maximum Gasteiger partial charge on any atom is 0.250 e. The SMILES string of the molecule is Cc1cccc(C2(CNC(=O)CCn3ccccc3=O)CCCCC2)c1. The maximum atomic E-state index is 12.4. The normalized spacial score (nSPS) is 16.2. The van der Waals surface area contributed by atoms with Gasteiger partial charge in [-0.25, -0.2) is 0 Å². The molecular formula is C22H28N2O2. The van der Waals surface area contributed by atoms with Crippen molar-refractivity contribution >= 4 is 5.91 Å². The number of benzene rings is 1. The van der Waals surface area contributed by atoms with Gasteiger partial charge in [-0.15, -0.1) is 0 Å². The Balaban J connectivity index is 1.63. The summed E-state index contributed by atoms with van der Waals surface area (Å²) in [5.41, 5.74) is 2.59. The Kier molecular flexibility index (Phi) is 5.92. The molecule has 1 saturated carbocycles. The number of rotatable bonds is 6. The molecule has 3 rings (SSSR count). The zero-order valence-corrected chi connectivity index (χ0v) is 15.5. The van der Waals surface area contributed by atoms with Crippen molar-refractivity contribution in [2.45, 2.75) is 57.4 Å². The van der Waals surface area contributed by atoms with Crippen LogP contribution in [0.15, 0.2) is 53.5 Å². The summed E-state index contributed by atoms with van der Waals surface area (Å²) >= 11 is 0. The third-order valence-corrected chi connectivity index (χ3v) is 5.54. The minimum Gasteiger partial charge on any atom is -0.355 e. The minimum absolute atomic E-state index is 0.0124. The Morgan fingerprint density at radius 3 is 2.65 bits per heavy atom. The van der Waals surface area contributed by atoms with Gasteiger partial charge in [0.15, 0.2) is 0 Å². The third kappa shape index (κ3) is 4.43. The predicted octanol–water partition coefficient (Wildman–Crippen LogP) is 3.57. The van der Waals surface area contributed by atoms with Gasteiger partial charge in [-0.1, -0.05) is 55.2 Å². The van der Waals surface area contributed by atoms with Gasteiger partial charge in [0, 0.05) is 37.2 Å². The quantitative estimate of drug-likeness (QED) is 0.864. The zero-order chi connectivity index (χ0) is 18.4. The summed E-state index contributed by atoms with van der Waals surface area (Å²) in [5.74, 6) is 0.0124. The summed E-state index contributed by atoms with van der Waals surface area (Å²) in [6.45, 7) is 3.22. The van der Waals surface area contributed by atoms with Gasteiger partial charge in [0.05, 0.1) is 0 Å². The lowest BCUT2D eigenvalue weighted by Gasteiger charge is -2.38. The Bertz CT molecular complexity index is 804. The Morgan fingerprint density at radius 2 is 1.92 bits per heavy atom. The molecule has 1 aliphatic rings. The topological polar surface area (TPSA) is 51.1 Å². The van der Waals surface area contributed by atoms with Crippen LogP contribution in [0.2, 0.25) is 0 Å². The van der Waals surface area contributed by atoms with Gasteiger partial charge in [-0.05, 0) is 31.4 Å². The third-order valence-electron chi connectivity index (χ3n) is 5.54. The molecule has 0 unspecified atom stereocenters. The van der Waals surface area contributed by atoms with Crippen molar-refractivity contribution in [3.05, 3.63) is 70.1 Å². The van der Waals surface area contributed by atoms with E-state index in [4.69, 9.17) is 0 Å². The van der Waals surface area contributed by atoms with Crippen LogP contribution >= 0.6 is 0 Å². The number of amides is 1. The number of pyridine rings is 1. The first kappa shape index (κ1) is 18.4. The van der Waals surface area contributed by atoms with Gasteiger partial charge in [0.2, 0.25) is 5.91 Å². The molecule has 26 heavy (non-hydrogen) atoms. The lowest BCUT2D eigenvalue weighted by atomic mass is 9.69. The van der Waals surface area contributed by atoms with Crippen molar-refractivity contribution in [2.24, 2.45) is 0 Å². The van der Waals surface area contributed by atoms with Crippen LogP contribution in [0, 0.1) is 6.92 Å². The lowest BCUT2D eigenvalue weighted by Crippen LogP contribution is -2.42. The fraction of sp³-hybridized carbons (Fsp3) is 0.455. The van der Waals surface area contributed by atoms with Crippen molar-refractivity contribution in [2.75, 3.05) is 6.54 Å². The molecule has 1 aliphatic carbocycles. The van der Waals surface area contributed by atoms with Gasteiger partial charge in [-0.3, -0.25) is 9.59 Å². The van der Waals surface area contributed by atoms with E-state index in [1.165, 1.54) is 36.5 Å². The summed E-state index contributed by atoms with van der Waals surface area (Å²) < 4.78 is 1.58. The molecule has 0 atom stereocenters. The van der Waals surface area contributed by atoms with E-state index < -0.39 is 0 Å². The monoisotopic (exact) mass is 352 g/mol. The van der Waals surface area contributed by atoms with Crippen molar-refractivity contribution in [3.8, 4) is 0 Å². The largest absolute Gasteiger partial charge is 0.355 e. The van der Waals surface area contributed by atoms with Gasteiger partial charge in [0.25, 0.3) is 5.56 Å². The van der Waals surface area contributed by atoms with Crippen molar-refractivity contribution in [3.63, 3.8) is 0 Å². The van der Waals surface area contributed by atoms with Crippen LogP contribution in [0.1, 0.15) is 49.7 Å². The highest BCUT2D eigenvalue weighted by molar-refractivity contribution is 5.76. The lowest BCUT2D eigenvalue weighted by molar-refractivity contribution is -0.121. The summed E-state index contributed by atoms with van der Waals surface area (Å²) in [6.07, 6.45) is 7.99. The Morgan fingerprint density at radius 1 is 1.12 bits per heavy atom. The number of aromatic nitrogens is 1. The second-order valence-corrected chi connectivity index (χ2v) is 7.47. The summed E-state index contributed by atoms with van der Waals surface area (Å²) in [7, 11) is 0. The van der Waals surface area contributed by atoms with Gasteiger partial charge >= 0.3 is 0 Å². The number of hydrogen-bond donors (Lipinski definition) is 1. The molecule has 0 radical (unpaired) electrons. The predicted molar refractivity (Wildman–Crippen MR) is 104 cm³/mol. The van der Waals surface area contributed by atoms with E-state index in [2.05, 4.69) is 36.5 Å². The molecule has 1 heterocycles. The van der Waals surface area contributed by atoms with Crippen LogP contribution in [0.25, 0.3) is 0 Å². The molecule has 1 aromatic heterocycles. The van der Waals surface area contributed by atoms with E-state index in [-0.39, 0.29) is 16.9 Å². The summed E-state index contributed by atoms with van der Waals surface area (Å²) in [6, 6.07) is 13.8. The van der Waals surface area contributed by atoms with E-state index in [1.807, 2.05) is 6.07 Å². The van der Waals surface area contributed by atoms with E-state index in [1.54, 1.807) is 16.8 Å². The van der Waals surface area contributed by atoms with Gasteiger partial charge in [0.1, 0.15) is 0 Å². The van der Waals surface area contributed by atoms with Crippen molar-refractivity contribution < 1.29 is 4.79 Å². The van der Waals surface area contributed by atoms with Crippen molar-refractivity contribution in [1.82, 2.24) is 9.88 Å². The van der Waals surface area contributed by atoms with Crippen LogP contribution in [0.3, 0.4) is 0 Å². The van der Waals surface area contributed by atoms with E-state index in [0.29, 0.717) is 19.5 Å². The molecule has 0 bridgehead atoms. The number of aryl methyl sites for hydroxylation is 2. The molecule has 1 N–H and O–H groups in total. The zero-order valence-electron chi connectivity index (χ0n) is 15.5. The number of hydrogen-bond acceptors (Lipinski definition) is 2. The van der Waals surface area contributed by atoms with Crippen LogP contribution in [-0.4, -0.2) is 17.0 Å². The number of nitrogens with zero attached hydrogens (tertiary/aromatic N) is 1. The fourth-order valence-electron chi connectivity index (χ4n) is 3.99.